The molecule has 1 atom stereocenters. The molecule has 0 aliphatic heterocycles. The molecule has 1 amide bonds. The molecule has 0 aliphatic carbocycles. The van der Waals surface area contributed by atoms with Gasteiger partial charge in [0.25, 0.3) is 0 Å². The van der Waals surface area contributed by atoms with E-state index in [2.05, 4.69) is 5.32 Å². The van der Waals surface area contributed by atoms with Crippen molar-refractivity contribution in [2.24, 2.45) is 5.73 Å². The predicted octanol–water partition coefficient (Wildman–Crippen LogP) is 1.07. The Hall–Kier alpha value is -2.24. The molecule has 6 nitrogen and oxygen atoms in total. The number of carboxylic acids is 1. The summed E-state index contributed by atoms with van der Waals surface area (Å²) in [4.78, 5) is 22.0. The van der Waals surface area contributed by atoms with E-state index in [9.17, 15) is 9.59 Å². The number of amides is 1. The second kappa shape index (κ2) is 5.90. The highest BCUT2D eigenvalue weighted by Gasteiger charge is 2.17. The van der Waals surface area contributed by atoms with Gasteiger partial charge in [-0.25, -0.2) is 4.79 Å². The van der Waals surface area contributed by atoms with Crippen LogP contribution in [0.25, 0.3) is 0 Å². The molecule has 1 aromatic carbocycles. The number of rotatable bonds is 6. The lowest BCUT2D eigenvalue weighted by Gasteiger charge is -2.16. The molecule has 1 aromatic rings. The van der Waals surface area contributed by atoms with Gasteiger partial charge in [0.2, 0.25) is 5.91 Å². The largest absolute Gasteiger partial charge is 0.495 e. The van der Waals surface area contributed by atoms with Crippen molar-refractivity contribution in [1.82, 2.24) is 0 Å². The van der Waals surface area contributed by atoms with Gasteiger partial charge < -0.3 is 20.9 Å². The third kappa shape index (κ3) is 3.13. The zero-order valence-electron chi connectivity index (χ0n) is 10.3. The Morgan fingerprint density at radius 2 is 2.17 bits per heavy atom. The van der Waals surface area contributed by atoms with Crippen molar-refractivity contribution in [3.05, 3.63) is 23.8 Å². The van der Waals surface area contributed by atoms with Crippen LogP contribution in [0.3, 0.4) is 0 Å². The Morgan fingerprint density at radius 3 is 2.61 bits per heavy atom. The summed E-state index contributed by atoms with van der Waals surface area (Å²) in [6.07, 6.45) is 0.402. The fraction of sp³-hybridized carbons (Fsp3) is 0.333. The van der Waals surface area contributed by atoms with Gasteiger partial charge in [0.1, 0.15) is 11.8 Å². The number of benzene rings is 1. The maximum absolute atomic E-state index is 11.1. The summed E-state index contributed by atoms with van der Waals surface area (Å²) >= 11 is 0. The van der Waals surface area contributed by atoms with E-state index in [-0.39, 0.29) is 0 Å². The van der Waals surface area contributed by atoms with E-state index in [0.717, 1.165) is 0 Å². The first kappa shape index (κ1) is 13.8. The van der Waals surface area contributed by atoms with E-state index in [1.54, 1.807) is 13.0 Å². The van der Waals surface area contributed by atoms with Crippen molar-refractivity contribution < 1.29 is 19.4 Å². The first-order valence-corrected chi connectivity index (χ1v) is 5.46. The minimum atomic E-state index is -0.968. The van der Waals surface area contributed by atoms with Crippen LogP contribution in [-0.4, -0.2) is 30.1 Å². The molecule has 0 radical (unpaired) electrons. The van der Waals surface area contributed by atoms with Gasteiger partial charge in [0.05, 0.1) is 12.8 Å². The van der Waals surface area contributed by atoms with Crippen molar-refractivity contribution in [2.75, 3.05) is 12.4 Å². The second-order valence-corrected chi connectivity index (χ2v) is 3.72. The van der Waals surface area contributed by atoms with Gasteiger partial charge >= 0.3 is 5.97 Å². The Kier molecular flexibility index (Phi) is 4.53. The quantitative estimate of drug-likeness (QED) is 0.702. The molecular weight excluding hydrogens is 236 g/mol. The van der Waals surface area contributed by atoms with Crippen LogP contribution < -0.4 is 15.8 Å². The standard InChI is InChI=1S/C12H16N2O4/c1-3-8(12(16)17)14-9-6-7(11(13)15)4-5-10(9)18-2/h4-6,8,14H,3H2,1-2H3,(H2,13,15)(H,16,17). The third-order valence-electron chi connectivity index (χ3n) is 2.52. The van der Waals surface area contributed by atoms with Crippen LogP contribution in [0, 0.1) is 0 Å². The minimum absolute atomic E-state index is 0.290. The molecular formula is C12H16N2O4. The summed E-state index contributed by atoms with van der Waals surface area (Å²) in [7, 11) is 1.46. The molecule has 0 saturated carbocycles. The fourth-order valence-corrected chi connectivity index (χ4v) is 1.50. The normalized spacial score (nSPS) is 11.7. The van der Waals surface area contributed by atoms with Crippen LogP contribution in [0.1, 0.15) is 23.7 Å². The monoisotopic (exact) mass is 252 g/mol. The topological polar surface area (TPSA) is 102 Å². The van der Waals surface area contributed by atoms with Crippen molar-refractivity contribution >= 4 is 17.6 Å². The molecule has 0 heterocycles. The van der Waals surface area contributed by atoms with Crippen LogP contribution in [-0.2, 0) is 4.79 Å². The SMILES string of the molecule is CCC(Nc1cc(C(N)=O)ccc1OC)C(=O)O. The highest BCUT2D eigenvalue weighted by atomic mass is 16.5. The van der Waals surface area contributed by atoms with E-state index >= 15 is 0 Å². The molecule has 0 bridgehead atoms. The maximum atomic E-state index is 11.1. The molecule has 18 heavy (non-hydrogen) atoms. The van der Waals surface area contributed by atoms with Gasteiger partial charge in [-0.2, -0.15) is 0 Å². The summed E-state index contributed by atoms with van der Waals surface area (Å²) in [5.74, 6) is -1.09. The number of nitrogens with two attached hydrogens (primary N) is 1. The number of ether oxygens (including phenoxy) is 1. The Balaban J connectivity index is 3.07. The fourth-order valence-electron chi connectivity index (χ4n) is 1.50. The van der Waals surface area contributed by atoms with Crippen LogP contribution in [0.4, 0.5) is 5.69 Å². The van der Waals surface area contributed by atoms with E-state index in [1.165, 1.54) is 19.2 Å². The summed E-state index contributed by atoms with van der Waals surface area (Å²) in [5.41, 5.74) is 5.90. The van der Waals surface area contributed by atoms with Crippen molar-refractivity contribution in [3.8, 4) is 5.75 Å². The average Bonchev–Trinajstić information content (AvgIpc) is 2.35. The summed E-state index contributed by atoms with van der Waals surface area (Å²) < 4.78 is 5.10. The molecule has 98 valence electrons. The molecule has 1 rings (SSSR count). The number of nitrogens with one attached hydrogen (secondary N) is 1. The lowest BCUT2D eigenvalue weighted by Crippen LogP contribution is -2.28. The highest BCUT2D eigenvalue weighted by molar-refractivity contribution is 5.94. The van der Waals surface area contributed by atoms with E-state index in [4.69, 9.17) is 15.6 Å². The number of methoxy groups -OCH3 is 1. The lowest BCUT2D eigenvalue weighted by atomic mass is 10.1. The van der Waals surface area contributed by atoms with E-state index < -0.39 is 17.9 Å². The van der Waals surface area contributed by atoms with Gasteiger partial charge in [-0.3, -0.25) is 4.79 Å². The van der Waals surface area contributed by atoms with E-state index in [1.807, 2.05) is 0 Å². The number of carbonyl (C=O) groups excluding carboxylic acids is 1. The van der Waals surface area contributed by atoms with E-state index in [0.29, 0.717) is 23.4 Å². The molecule has 0 fully saturated rings. The van der Waals surface area contributed by atoms with Gasteiger partial charge in [0, 0.05) is 5.56 Å². The summed E-state index contributed by atoms with van der Waals surface area (Å²) in [5, 5.41) is 11.8. The Labute approximate surface area is 105 Å². The first-order chi connectivity index (χ1) is 8.49. The van der Waals surface area contributed by atoms with Gasteiger partial charge in [0.15, 0.2) is 0 Å². The van der Waals surface area contributed by atoms with Gasteiger partial charge in [-0.05, 0) is 24.6 Å². The Bertz CT molecular complexity index is 459. The lowest BCUT2D eigenvalue weighted by molar-refractivity contribution is -0.137. The number of anilines is 1. The van der Waals surface area contributed by atoms with Gasteiger partial charge in [-0.1, -0.05) is 6.92 Å². The molecule has 1 unspecified atom stereocenters. The van der Waals surface area contributed by atoms with Crippen molar-refractivity contribution in [2.45, 2.75) is 19.4 Å². The molecule has 0 aliphatic rings. The van der Waals surface area contributed by atoms with Crippen LogP contribution in [0.2, 0.25) is 0 Å². The zero-order chi connectivity index (χ0) is 13.7. The third-order valence-corrected chi connectivity index (χ3v) is 2.52. The smallest absolute Gasteiger partial charge is 0.326 e. The minimum Gasteiger partial charge on any atom is -0.495 e. The molecule has 0 saturated heterocycles. The number of carbonyl (C=O) groups is 2. The van der Waals surface area contributed by atoms with Crippen LogP contribution in [0.5, 0.6) is 5.75 Å². The highest BCUT2D eigenvalue weighted by Crippen LogP contribution is 2.26. The number of hydrogen-bond acceptors (Lipinski definition) is 4. The van der Waals surface area contributed by atoms with Crippen molar-refractivity contribution in [1.29, 1.82) is 0 Å². The number of aliphatic carboxylic acids is 1. The summed E-state index contributed by atoms with van der Waals surface area (Å²) in [6, 6.07) is 3.82. The Morgan fingerprint density at radius 1 is 1.50 bits per heavy atom. The maximum Gasteiger partial charge on any atom is 0.326 e. The second-order valence-electron chi connectivity index (χ2n) is 3.72. The van der Waals surface area contributed by atoms with Crippen LogP contribution in [0.15, 0.2) is 18.2 Å². The first-order valence-electron chi connectivity index (χ1n) is 5.46. The van der Waals surface area contributed by atoms with Crippen molar-refractivity contribution in [3.63, 3.8) is 0 Å². The number of carboxylic acid groups (broad SMARTS) is 1. The predicted molar refractivity (Wildman–Crippen MR) is 66.8 cm³/mol. The average molecular weight is 252 g/mol. The zero-order valence-corrected chi connectivity index (χ0v) is 10.3. The molecule has 6 heteroatoms. The summed E-state index contributed by atoms with van der Waals surface area (Å²) in [6.45, 7) is 1.75. The number of hydrogen-bond donors (Lipinski definition) is 3. The molecule has 4 N–H and O–H groups in total. The van der Waals surface area contributed by atoms with Crippen LogP contribution >= 0.6 is 0 Å². The number of primary amides is 1. The van der Waals surface area contributed by atoms with Gasteiger partial charge in [-0.15, -0.1) is 0 Å². The molecule has 0 spiro atoms. The molecule has 0 aromatic heterocycles.